The Balaban J connectivity index is 2.03. The number of carbonyl (C=O) groups is 1. The highest BCUT2D eigenvalue weighted by Gasteiger charge is 2.12. The number of amides is 1. The lowest BCUT2D eigenvalue weighted by molar-refractivity contribution is -0.111. The minimum atomic E-state index is -0.178. The van der Waals surface area contributed by atoms with E-state index >= 15 is 0 Å². The van der Waals surface area contributed by atoms with Gasteiger partial charge in [0.25, 0.3) is 0 Å². The molecule has 0 saturated heterocycles. The minimum Gasteiger partial charge on any atom is -0.307 e. The van der Waals surface area contributed by atoms with Crippen molar-refractivity contribution in [2.24, 2.45) is 0 Å². The molecule has 0 saturated carbocycles. The number of aromatic nitrogens is 1. The van der Waals surface area contributed by atoms with Crippen LogP contribution in [0.2, 0.25) is 0 Å². The average Bonchev–Trinajstić information content (AvgIpc) is 2.43. The molecule has 2 rings (SSSR count). The fourth-order valence-corrected chi connectivity index (χ4v) is 2.34. The average molecular weight is 308 g/mol. The van der Waals surface area contributed by atoms with Gasteiger partial charge in [-0.3, -0.25) is 4.79 Å². The van der Waals surface area contributed by atoms with Gasteiger partial charge in [0.05, 0.1) is 0 Å². The van der Waals surface area contributed by atoms with Crippen LogP contribution in [0.3, 0.4) is 0 Å². The first-order chi connectivity index (χ1) is 10.7. The third-order valence-electron chi connectivity index (χ3n) is 3.55. The normalized spacial score (nSPS) is 11.7. The van der Waals surface area contributed by atoms with E-state index in [1.807, 2.05) is 44.2 Å². The van der Waals surface area contributed by atoms with Gasteiger partial charge < -0.3 is 5.32 Å². The highest BCUT2D eigenvalue weighted by molar-refractivity contribution is 6.01. The van der Waals surface area contributed by atoms with Crippen LogP contribution in [0.25, 0.3) is 6.08 Å². The van der Waals surface area contributed by atoms with Gasteiger partial charge in [-0.15, -0.1) is 0 Å². The Labute approximate surface area is 138 Å². The van der Waals surface area contributed by atoms with Crippen molar-refractivity contribution in [3.05, 3.63) is 64.9 Å². The molecule has 1 heterocycles. The summed E-state index contributed by atoms with van der Waals surface area (Å²) in [4.78, 5) is 16.3. The van der Waals surface area contributed by atoms with Crippen molar-refractivity contribution < 1.29 is 4.79 Å². The summed E-state index contributed by atoms with van der Waals surface area (Å²) in [6.45, 7) is 10.4. The molecular weight excluding hydrogens is 284 g/mol. The van der Waals surface area contributed by atoms with E-state index in [2.05, 4.69) is 43.2 Å². The van der Waals surface area contributed by atoms with E-state index in [1.54, 1.807) is 0 Å². The molecule has 1 aromatic heterocycles. The van der Waals surface area contributed by atoms with Crippen LogP contribution < -0.4 is 5.32 Å². The zero-order valence-electron chi connectivity index (χ0n) is 14.5. The van der Waals surface area contributed by atoms with Crippen LogP contribution in [0.5, 0.6) is 0 Å². The number of anilines is 1. The summed E-state index contributed by atoms with van der Waals surface area (Å²) >= 11 is 0. The van der Waals surface area contributed by atoms with Crippen molar-refractivity contribution >= 4 is 17.8 Å². The molecule has 0 aliphatic carbocycles. The largest absolute Gasteiger partial charge is 0.307 e. The quantitative estimate of drug-likeness (QED) is 0.839. The van der Waals surface area contributed by atoms with Gasteiger partial charge in [-0.2, -0.15) is 0 Å². The topological polar surface area (TPSA) is 42.0 Å². The Morgan fingerprint density at radius 2 is 1.74 bits per heavy atom. The van der Waals surface area contributed by atoms with Crippen molar-refractivity contribution in [3.8, 4) is 0 Å². The van der Waals surface area contributed by atoms with Crippen molar-refractivity contribution in [2.45, 2.75) is 40.0 Å². The monoisotopic (exact) mass is 308 g/mol. The van der Waals surface area contributed by atoms with E-state index in [-0.39, 0.29) is 11.3 Å². The first-order valence-electron chi connectivity index (χ1n) is 7.79. The maximum absolute atomic E-state index is 12.0. The summed E-state index contributed by atoms with van der Waals surface area (Å²) in [7, 11) is 0. The van der Waals surface area contributed by atoms with Crippen LogP contribution in [0, 0.1) is 13.8 Å². The van der Waals surface area contributed by atoms with E-state index in [9.17, 15) is 4.79 Å². The Hall–Kier alpha value is -2.42. The van der Waals surface area contributed by atoms with Gasteiger partial charge >= 0.3 is 0 Å². The smallest absolute Gasteiger partial charge is 0.249 e. The Bertz CT molecular complexity index is 702. The van der Waals surface area contributed by atoms with Gasteiger partial charge in [0.1, 0.15) is 5.82 Å². The SMILES string of the molecule is Cc1cc(C)nc(NC(=O)/C=C/c2ccc(C(C)(C)C)cc2)c1. The van der Waals surface area contributed by atoms with Crippen molar-refractivity contribution in [1.29, 1.82) is 0 Å². The van der Waals surface area contributed by atoms with Crippen LogP contribution in [0.15, 0.2) is 42.5 Å². The number of nitrogens with zero attached hydrogens (tertiary/aromatic N) is 1. The first-order valence-corrected chi connectivity index (χ1v) is 7.79. The van der Waals surface area contributed by atoms with Gasteiger partial charge in [-0.1, -0.05) is 45.0 Å². The summed E-state index contributed by atoms with van der Waals surface area (Å²) in [5.41, 5.74) is 4.38. The molecule has 0 atom stereocenters. The van der Waals surface area contributed by atoms with Gasteiger partial charge in [-0.05, 0) is 54.2 Å². The van der Waals surface area contributed by atoms with Crippen molar-refractivity contribution in [2.75, 3.05) is 5.32 Å². The number of aryl methyl sites for hydroxylation is 2. The molecule has 0 fully saturated rings. The van der Waals surface area contributed by atoms with Gasteiger partial charge in [0, 0.05) is 11.8 Å². The van der Waals surface area contributed by atoms with E-state index < -0.39 is 0 Å². The predicted molar refractivity (Wildman–Crippen MR) is 96.5 cm³/mol. The highest BCUT2D eigenvalue weighted by atomic mass is 16.1. The Kier molecular flexibility index (Phi) is 4.99. The summed E-state index contributed by atoms with van der Waals surface area (Å²) in [6, 6.07) is 12.1. The lowest BCUT2D eigenvalue weighted by atomic mass is 9.87. The van der Waals surface area contributed by atoms with Gasteiger partial charge in [-0.25, -0.2) is 4.98 Å². The number of rotatable bonds is 3. The fraction of sp³-hybridized carbons (Fsp3) is 0.300. The lowest BCUT2D eigenvalue weighted by Gasteiger charge is -2.18. The molecule has 2 aromatic rings. The van der Waals surface area contributed by atoms with E-state index in [0.717, 1.165) is 16.8 Å². The predicted octanol–water partition coefficient (Wildman–Crippen LogP) is 4.65. The second kappa shape index (κ2) is 6.78. The standard InChI is InChI=1S/C20H24N2O/c1-14-12-15(2)21-18(13-14)22-19(23)11-8-16-6-9-17(10-7-16)20(3,4)5/h6-13H,1-5H3,(H,21,22,23)/b11-8+. The molecule has 1 amide bonds. The lowest BCUT2D eigenvalue weighted by Crippen LogP contribution is -2.10. The number of hydrogen-bond donors (Lipinski definition) is 1. The van der Waals surface area contributed by atoms with Crippen LogP contribution >= 0.6 is 0 Å². The number of nitrogens with one attached hydrogen (secondary N) is 1. The van der Waals surface area contributed by atoms with Crippen LogP contribution in [0.4, 0.5) is 5.82 Å². The minimum absolute atomic E-state index is 0.133. The number of hydrogen-bond acceptors (Lipinski definition) is 2. The Morgan fingerprint density at radius 3 is 2.30 bits per heavy atom. The molecule has 120 valence electrons. The number of pyridine rings is 1. The third-order valence-corrected chi connectivity index (χ3v) is 3.55. The molecule has 1 aromatic carbocycles. The van der Waals surface area contributed by atoms with E-state index in [0.29, 0.717) is 5.82 Å². The molecule has 0 aliphatic heterocycles. The molecule has 0 spiro atoms. The molecule has 3 heteroatoms. The fourth-order valence-electron chi connectivity index (χ4n) is 2.34. The van der Waals surface area contributed by atoms with Crippen LogP contribution in [0.1, 0.15) is 43.2 Å². The number of benzene rings is 1. The van der Waals surface area contributed by atoms with Crippen molar-refractivity contribution in [1.82, 2.24) is 4.98 Å². The molecular formula is C20H24N2O. The highest BCUT2D eigenvalue weighted by Crippen LogP contribution is 2.22. The molecule has 0 aliphatic rings. The number of carbonyl (C=O) groups excluding carboxylic acids is 1. The van der Waals surface area contributed by atoms with E-state index in [4.69, 9.17) is 0 Å². The summed E-state index contributed by atoms with van der Waals surface area (Å²) < 4.78 is 0. The van der Waals surface area contributed by atoms with Crippen molar-refractivity contribution in [3.63, 3.8) is 0 Å². The summed E-state index contributed by atoms with van der Waals surface area (Å²) in [5.74, 6) is 0.405. The zero-order chi connectivity index (χ0) is 17.0. The molecule has 0 unspecified atom stereocenters. The maximum atomic E-state index is 12.0. The van der Waals surface area contributed by atoms with E-state index in [1.165, 1.54) is 11.6 Å². The second-order valence-corrected chi connectivity index (χ2v) is 6.87. The zero-order valence-corrected chi connectivity index (χ0v) is 14.5. The molecule has 3 nitrogen and oxygen atoms in total. The summed E-state index contributed by atoms with van der Waals surface area (Å²) in [6.07, 6.45) is 3.34. The molecule has 23 heavy (non-hydrogen) atoms. The molecule has 1 N–H and O–H groups in total. The van der Waals surface area contributed by atoms with Gasteiger partial charge in [0.2, 0.25) is 5.91 Å². The molecule has 0 radical (unpaired) electrons. The van der Waals surface area contributed by atoms with Crippen LogP contribution in [-0.2, 0) is 10.2 Å². The second-order valence-electron chi connectivity index (χ2n) is 6.87. The summed E-state index contributed by atoms with van der Waals surface area (Å²) in [5, 5.41) is 2.79. The van der Waals surface area contributed by atoms with Gasteiger partial charge in [0.15, 0.2) is 0 Å². The third kappa shape index (κ3) is 5.06. The maximum Gasteiger partial charge on any atom is 0.249 e. The van der Waals surface area contributed by atoms with Crippen LogP contribution in [-0.4, -0.2) is 10.9 Å². The Morgan fingerprint density at radius 1 is 1.09 bits per heavy atom. The first kappa shape index (κ1) is 16.9. The molecule has 0 bridgehead atoms.